The number of carboxylic acids is 1. The molecule has 1 saturated carbocycles. The van der Waals surface area contributed by atoms with Gasteiger partial charge in [-0.05, 0) is 12.8 Å². The van der Waals surface area contributed by atoms with E-state index in [1.54, 1.807) is 0 Å². The Labute approximate surface area is 85.4 Å². The molecule has 1 heterocycles. The van der Waals surface area contributed by atoms with E-state index in [0.717, 1.165) is 19.0 Å². The van der Waals surface area contributed by atoms with E-state index in [1.165, 1.54) is 6.20 Å². The van der Waals surface area contributed by atoms with Crippen LogP contribution < -0.4 is 5.32 Å². The van der Waals surface area contributed by atoms with Crippen molar-refractivity contribution in [2.24, 2.45) is 0 Å². The van der Waals surface area contributed by atoms with Gasteiger partial charge in [-0.25, -0.2) is 9.78 Å². The van der Waals surface area contributed by atoms with Crippen LogP contribution in [0, 0.1) is 0 Å². The smallest absolute Gasteiger partial charge is 0.356 e. The number of nitrogens with zero attached hydrogens (tertiary/aromatic N) is 2. The number of carboxylic acid groups (broad SMARTS) is 1. The van der Waals surface area contributed by atoms with Crippen LogP contribution in [0.4, 0.5) is 0 Å². The van der Waals surface area contributed by atoms with Crippen molar-refractivity contribution in [2.45, 2.75) is 18.9 Å². The van der Waals surface area contributed by atoms with Crippen molar-refractivity contribution in [1.29, 1.82) is 0 Å². The Morgan fingerprint density at radius 2 is 2.00 bits per heavy atom. The highest BCUT2D eigenvalue weighted by molar-refractivity contribution is 5.94. The number of nitrogens with one attached hydrogen (secondary N) is 1. The highest BCUT2D eigenvalue weighted by atomic mass is 16.4. The number of hydrogen-bond donors (Lipinski definition) is 2. The third-order valence-electron chi connectivity index (χ3n) is 2.00. The summed E-state index contributed by atoms with van der Waals surface area (Å²) in [5.41, 5.74) is -0.180. The lowest BCUT2D eigenvalue weighted by molar-refractivity contribution is 0.0690. The lowest BCUT2D eigenvalue weighted by atomic mass is 10.3. The van der Waals surface area contributed by atoms with Gasteiger partial charge in [0.15, 0.2) is 5.69 Å². The number of hydrogen-bond acceptors (Lipinski definition) is 4. The summed E-state index contributed by atoms with van der Waals surface area (Å²) in [5.74, 6) is -1.56. The number of carbonyl (C=O) groups excluding carboxylic acids is 1. The van der Waals surface area contributed by atoms with Crippen LogP contribution in [0.5, 0.6) is 0 Å². The first kappa shape index (κ1) is 9.57. The molecule has 15 heavy (non-hydrogen) atoms. The maximum absolute atomic E-state index is 11.5. The zero-order valence-electron chi connectivity index (χ0n) is 7.80. The van der Waals surface area contributed by atoms with Gasteiger partial charge in [0.1, 0.15) is 5.69 Å². The number of rotatable bonds is 3. The average Bonchev–Trinajstić information content (AvgIpc) is 3.02. The van der Waals surface area contributed by atoms with Gasteiger partial charge in [-0.3, -0.25) is 9.78 Å². The minimum absolute atomic E-state index is 0.0433. The van der Waals surface area contributed by atoms with Crippen LogP contribution in [0.3, 0.4) is 0 Å². The topological polar surface area (TPSA) is 92.2 Å². The quantitative estimate of drug-likeness (QED) is 0.731. The summed E-state index contributed by atoms with van der Waals surface area (Å²) in [5, 5.41) is 11.4. The Kier molecular flexibility index (Phi) is 2.32. The molecule has 0 spiro atoms. The zero-order chi connectivity index (χ0) is 10.8. The first-order valence-corrected chi connectivity index (χ1v) is 4.53. The maximum Gasteiger partial charge on any atom is 0.356 e. The molecular weight excluding hydrogens is 198 g/mol. The second-order valence-corrected chi connectivity index (χ2v) is 3.34. The molecule has 0 saturated heterocycles. The Morgan fingerprint density at radius 1 is 1.33 bits per heavy atom. The predicted molar refractivity (Wildman–Crippen MR) is 49.5 cm³/mol. The van der Waals surface area contributed by atoms with Crippen LogP contribution >= 0.6 is 0 Å². The summed E-state index contributed by atoms with van der Waals surface area (Å²) in [6.07, 6.45) is 4.30. The first-order valence-electron chi connectivity index (χ1n) is 4.53. The second-order valence-electron chi connectivity index (χ2n) is 3.34. The van der Waals surface area contributed by atoms with Crippen LogP contribution in [0.1, 0.15) is 33.8 Å². The minimum atomic E-state index is -1.19. The van der Waals surface area contributed by atoms with Gasteiger partial charge in [0, 0.05) is 6.04 Å². The van der Waals surface area contributed by atoms with Crippen molar-refractivity contribution in [1.82, 2.24) is 15.3 Å². The molecule has 0 atom stereocenters. The summed E-state index contributed by atoms with van der Waals surface area (Å²) < 4.78 is 0. The van der Waals surface area contributed by atoms with Gasteiger partial charge in [-0.2, -0.15) is 0 Å². The van der Waals surface area contributed by atoms with Crippen LogP contribution in [0.25, 0.3) is 0 Å². The number of aromatic nitrogens is 2. The molecule has 0 aromatic carbocycles. The molecule has 0 aliphatic heterocycles. The van der Waals surface area contributed by atoms with E-state index in [4.69, 9.17) is 5.11 Å². The largest absolute Gasteiger partial charge is 0.476 e. The molecule has 78 valence electrons. The molecule has 2 rings (SSSR count). The molecule has 1 aromatic heterocycles. The van der Waals surface area contributed by atoms with Crippen molar-refractivity contribution < 1.29 is 14.7 Å². The average molecular weight is 207 g/mol. The third kappa shape index (κ3) is 2.28. The number of amides is 1. The van der Waals surface area contributed by atoms with Gasteiger partial charge in [-0.15, -0.1) is 0 Å². The van der Waals surface area contributed by atoms with E-state index in [1.807, 2.05) is 0 Å². The summed E-state index contributed by atoms with van der Waals surface area (Å²) in [6.45, 7) is 0. The van der Waals surface area contributed by atoms with E-state index in [2.05, 4.69) is 15.3 Å². The molecule has 0 unspecified atom stereocenters. The predicted octanol–water partition coefficient (Wildman–Crippen LogP) is 0.0670. The Balaban J connectivity index is 2.15. The summed E-state index contributed by atoms with van der Waals surface area (Å²) >= 11 is 0. The third-order valence-corrected chi connectivity index (χ3v) is 2.00. The fourth-order valence-corrected chi connectivity index (χ4v) is 1.07. The fraction of sp³-hybridized carbons (Fsp3) is 0.333. The summed E-state index contributed by atoms with van der Waals surface area (Å²) in [6, 6.07) is 0.216. The summed E-state index contributed by atoms with van der Waals surface area (Å²) in [4.78, 5) is 29.4. The van der Waals surface area contributed by atoms with Gasteiger partial charge in [0.05, 0.1) is 12.4 Å². The van der Waals surface area contributed by atoms with E-state index in [9.17, 15) is 9.59 Å². The van der Waals surface area contributed by atoms with Gasteiger partial charge in [0.2, 0.25) is 0 Å². The van der Waals surface area contributed by atoms with Gasteiger partial charge < -0.3 is 10.4 Å². The lowest BCUT2D eigenvalue weighted by Crippen LogP contribution is -2.27. The molecule has 6 heteroatoms. The molecule has 0 radical (unpaired) electrons. The summed E-state index contributed by atoms with van der Waals surface area (Å²) in [7, 11) is 0. The Bertz CT molecular complexity index is 415. The molecule has 1 aromatic rings. The molecule has 1 aliphatic rings. The maximum atomic E-state index is 11.5. The molecule has 1 amide bonds. The van der Waals surface area contributed by atoms with E-state index >= 15 is 0 Å². The molecule has 0 bridgehead atoms. The van der Waals surface area contributed by atoms with Crippen molar-refractivity contribution in [3.05, 3.63) is 23.8 Å². The minimum Gasteiger partial charge on any atom is -0.476 e. The second kappa shape index (κ2) is 3.64. The van der Waals surface area contributed by atoms with Crippen LogP contribution in [0.2, 0.25) is 0 Å². The molecule has 1 fully saturated rings. The van der Waals surface area contributed by atoms with Crippen molar-refractivity contribution >= 4 is 11.9 Å². The highest BCUT2D eigenvalue weighted by Gasteiger charge is 2.24. The van der Waals surface area contributed by atoms with E-state index in [0.29, 0.717) is 0 Å². The molecule has 2 N–H and O–H groups in total. The van der Waals surface area contributed by atoms with Crippen LogP contribution in [0.15, 0.2) is 12.4 Å². The number of carbonyl (C=O) groups is 2. The Hall–Kier alpha value is -1.98. The molecule has 6 nitrogen and oxygen atoms in total. The monoisotopic (exact) mass is 207 g/mol. The molecular formula is C9H9N3O3. The SMILES string of the molecule is O=C(O)c1cncc(C(=O)NC2CC2)n1. The van der Waals surface area contributed by atoms with Gasteiger partial charge in [0.25, 0.3) is 5.91 Å². The van der Waals surface area contributed by atoms with E-state index in [-0.39, 0.29) is 23.3 Å². The first-order chi connectivity index (χ1) is 7.16. The van der Waals surface area contributed by atoms with Crippen molar-refractivity contribution in [3.63, 3.8) is 0 Å². The van der Waals surface area contributed by atoms with Gasteiger partial charge in [-0.1, -0.05) is 0 Å². The number of aromatic carboxylic acids is 1. The fourth-order valence-electron chi connectivity index (χ4n) is 1.07. The van der Waals surface area contributed by atoms with Crippen molar-refractivity contribution in [2.75, 3.05) is 0 Å². The Morgan fingerprint density at radius 3 is 2.60 bits per heavy atom. The van der Waals surface area contributed by atoms with Crippen molar-refractivity contribution in [3.8, 4) is 0 Å². The normalized spacial score (nSPS) is 14.7. The van der Waals surface area contributed by atoms with Crippen LogP contribution in [-0.4, -0.2) is 33.0 Å². The molecule has 1 aliphatic carbocycles. The highest BCUT2D eigenvalue weighted by Crippen LogP contribution is 2.18. The standard InChI is InChI=1S/C9H9N3O3/c13-8(11-5-1-2-5)6-3-10-4-7(12-6)9(14)15/h3-5H,1-2H2,(H,11,13)(H,14,15). The lowest BCUT2D eigenvalue weighted by Gasteiger charge is -2.01. The zero-order valence-corrected chi connectivity index (χ0v) is 7.80. The van der Waals surface area contributed by atoms with Crippen LogP contribution in [-0.2, 0) is 0 Å². The van der Waals surface area contributed by atoms with Gasteiger partial charge >= 0.3 is 5.97 Å². The van der Waals surface area contributed by atoms with E-state index < -0.39 is 5.97 Å².